The summed E-state index contributed by atoms with van der Waals surface area (Å²) in [6.45, 7) is 1.58. The highest BCUT2D eigenvalue weighted by molar-refractivity contribution is 6.02. The highest BCUT2D eigenvalue weighted by atomic mass is 16.3. The summed E-state index contributed by atoms with van der Waals surface area (Å²) in [6.07, 6.45) is 6.76. The van der Waals surface area contributed by atoms with Gasteiger partial charge in [0.25, 0.3) is 5.91 Å². The monoisotopic (exact) mass is 271 g/mol. The van der Waals surface area contributed by atoms with Crippen LogP contribution in [-0.4, -0.2) is 26.8 Å². The Bertz CT molecular complexity index is 645. The second-order valence-corrected chi connectivity index (χ2v) is 4.18. The molecular formula is C14H13N3O3. The van der Waals surface area contributed by atoms with Gasteiger partial charge in [-0.3, -0.25) is 14.6 Å². The van der Waals surface area contributed by atoms with Crippen molar-refractivity contribution in [2.45, 2.75) is 6.92 Å². The lowest BCUT2D eigenvalue weighted by Gasteiger charge is -2.20. The van der Waals surface area contributed by atoms with Crippen molar-refractivity contribution >= 4 is 11.7 Å². The van der Waals surface area contributed by atoms with Gasteiger partial charge in [0.15, 0.2) is 5.78 Å². The summed E-state index contributed by atoms with van der Waals surface area (Å²) in [4.78, 5) is 27.1. The molecule has 0 radical (unpaired) electrons. The molecular weight excluding hydrogens is 258 g/mol. The summed E-state index contributed by atoms with van der Waals surface area (Å²) in [6, 6.07) is 3.08. The van der Waals surface area contributed by atoms with Gasteiger partial charge >= 0.3 is 0 Å². The van der Waals surface area contributed by atoms with Crippen LogP contribution < -0.4 is 5.84 Å². The summed E-state index contributed by atoms with van der Waals surface area (Å²) in [5.74, 6) is 4.80. The van der Waals surface area contributed by atoms with Crippen LogP contribution in [0.5, 0.6) is 0 Å². The number of amides is 1. The molecule has 0 unspecified atom stereocenters. The zero-order valence-electron chi connectivity index (χ0n) is 10.8. The number of hydrogen-bond donors (Lipinski definition) is 2. The molecule has 102 valence electrons. The van der Waals surface area contributed by atoms with Gasteiger partial charge in [0.2, 0.25) is 0 Å². The first kappa shape index (κ1) is 13.7. The van der Waals surface area contributed by atoms with Crippen molar-refractivity contribution in [3.8, 4) is 0 Å². The van der Waals surface area contributed by atoms with E-state index in [0.29, 0.717) is 16.8 Å². The lowest BCUT2D eigenvalue weighted by Crippen LogP contribution is -2.36. The summed E-state index contributed by atoms with van der Waals surface area (Å²) in [7, 11) is 0. The molecule has 0 saturated carbocycles. The molecule has 6 nitrogen and oxygen atoms in total. The first-order chi connectivity index (χ1) is 9.50. The number of aromatic nitrogens is 1. The Morgan fingerprint density at radius 1 is 1.30 bits per heavy atom. The summed E-state index contributed by atoms with van der Waals surface area (Å²) in [5, 5.41) is 10.7. The van der Waals surface area contributed by atoms with Gasteiger partial charge in [0, 0.05) is 35.3 Å². The van der Waals surface area contributed by atoms with Crippen LogP contribution in [0.15, 0.2) is 59.8 Å². The zero-order chi connectivity index (χ0) is 14.7. The van der Waals surface area contributed by atoms with Crippen LogP contribution in [0.2, 0.25) is 0 Å². The van der Waals surface area contributed by atoms with Crippen molar-refractivity contribution in [2.24, 2.45) is 5.84 Å². The van der Waals surface area contributed by atoms with Gasteiger partial charge in [-0.05, 0) is 31.2 Å². The largest absolute Gasteiger partial charge is 0.507 e. The number of rotatable bonds is 2. The maximum absolute atomic E-state index is 12.1. The number of ketones is 1. The van der Waals surface area contributed by atoms with E-state index in [-0.39, 0.29) is 11.5 Å². The summed E-state index contributed by atoms with van der Waals surface area (Å²) >= 11 is 0. The number of carbonyl (C=O) groups is 2. The average molecular weight is 271 g/mol. The molecule has 0 bridgehead atoms. The van der Waals surface area contributed by atoms with E-state index in [9.17, 15) is 14.7 Å². The van der Waals surface area contributed by atoms with Crippen LogP contribution in [-0.2, 0) is 4.79 Å². The molecule has 6 heteroatoms. The van der Waals surface area contributed by atoms with Gasteiger partial charge in [0.1, 0.15) is 5.76 Å². The van der Waals surface area contributed by atoms with E-state index in [1.165, 1.54) is 36.7 Å². The number of nitrogens with zero attached hydrogens (tertiary/aromatic N) is 2. The molecule has 1 aromatic heterocycles. The number of hydrazine groups is 1. The third-order valence-corrected chi connectivity index (χ3v) is 2.87. The summed E-state index contributed by atoms with van der Waals surface area (Å²) in [5.41, 5.74) is 1.04. The van der Waals surface area contributed by atoms with Crippen molar-refractivity contribution in [3.05, 3.63) is 65.3 Å². The Morgan fingerprint density at radius 3 is 2.55 bits per heavy atom. The predicted octanol–water partition coefficient (Wildman–Crippen LogP) is 1.25. The van der Waals surface area contributed by atoms with Gasteiger partial charge in [0.05, 0.1) is 0 Å². The third-order valence-electron chi connectivity index (χ3n) is 2.87. The Kier molecular flexibility index (Phi) is 3.76. The minimum absolute atomic E-state index is 0.215. The Balaban J connectivity index is 2.32. The van der Waals surface area contributed by atoms with E-state index in [1.54, 1.807) is 6.92 Å². The standard InChI is InChI=1S/C14H13N3O3/c1-9(12-3-2-11(18)8-13(12)19)17(15)14(20)10-4-6-16-7-5-10/h2-8,19H,15H2,1H3. The van der Waals surface area contributed by atoms with E-state index >= 15 is 0 Å². The maximum atomic E-state index is 12.1. The van der Waals surface area contributed by atoms with Crippen LogP contribution in [0.1, 0.15) is 17.3 Å². The lowest BCUT2D eigenvalue weighted by atomic mass is 10.0. The molecule has 0 aromatic carbocycles. The van der Waals surface area contributed by atoms with Gasteiger partial charge in [-0.25, -0.2) is 10.9 Å². The molecule has 2 rings (SSSR count). The van der Waals surface area contributed by atoms with E-state index in [1.807, 2.05) is 0 Å². The van der Waals surface area contributed by atoms with Crippen LogP contribution in [0.3, 0.4) is 0 Å². The first-order valence-electron chi connectivity index (χ1n) is 5.84. The van der Waals surface area contributed by atoms with Gasteiger partial charge in [-0.15, -0.1) is 0 Å². The van der Waals surface area contributed by atoms with Crippen molar-refractivity contribution in [2.75, 3.05) is 0 Å². The number of hydrogen-bond acceptors (Lipinski definition) is 5. The molecule has 1 aliphatic carbocycles. The number of allylic oxidation sites excluding steroid dienone is 4. The third kappa shape index (κ3) is 2.65. The molecule has 0 spiro atoms. The first-order valence-corrected chi connectivity index (χ1v) is 5.84. The molecule has 0 fully saturated rings. The van der Waals surface area contributed by atoms with E-state index < -0.39 is 5.91 Å². The van der Waals surface area contributed by atoms with Gasteiger partial charge in [-0.1, -0.05) is 0 Å². The van der Waals surface area contributed by atoms with Gasteiger partial charge < -0.3 is 5.11 Å². The SMILES string of the molecule is CC(=C1C=CC(=O)C=C1O)N(N)C(=O)c1ccncc1. The highest BCUT2D eigenvalue weighted by Crippen LogP contribution is 2.20. The zero-order valence-corrected chi connectivity index (χ0v) is 10.8. The molecule has 20 heavy (non-hydrogen) atoms. The van der Waals surface area contributed by atoms with Crippen LogP contribution >= 0.6 is 0 Å². The highest BCUT2D eigenvalue weighted by Gasteiger charge is 2.19. The van der Waals surface area contributed by atoms with Crippen molar-refractivity contribution in [1.82, 2.24) is 9.99 Å². The van der Waals surface area contributed by atoms with E-state index in [4.69, 9.17) is 5.84 Å². The lowest BCUT2D eigenvalue weighted by molar-refractivity contribution is -0.110. The fraction of sp³-hybridized carbons (Fsp3) is 0.0714. The minimum Gasteiger partial charge on any atom is -0.507 e. The molecule has 1 aliphatic rings. The summed E-state index contributed by atoms with van der Waals surface area (Å²) < 4.78 is 0. The quantitative estimate of drug-likeness (QED) is 0.479. The van der Waals surface area contributed by atoms with Crippen LogP contribution in [0.4, 0.5) is 0 Å². The van der Waals surface area contributed by atoms with Crippen molar-refractivity contribution < 1.29 is 14.7 Å². The smallest absolute Gasteiger partial charge is 0.272 e. The topological polar surface area (TPSA) is 96.5 Å². The van der Waals surface area contributed by atoms with Crippen molar-refractivity contribution in [1.29, 1.82) is 0 Å². The van der Waals surface area contributed by atoms with E-state index in [2.05, 4.69) is 4.98 Å². The van der Waals surface area contributed by atoms with Crippen molar-refractivity contribution in [3.63, 3.8) is 0 Å². The van der Waals surface area contributed by atoms with Gasteiger partial charge in [-0.2, -0.15) is 0 Å². The average Bonchev–Trinajstić information content (AvgIpc) is 2.46. The Labute approximate surface area is 115 Å². The molecule has 0 saturated heterocycles. The Hall–Kier alpha value is -2.73. The van der Waals surface area contributed by atoms with E-state index in [0.717, 1.165) is 11.1 Å². The fourth-order valence-corrected chi connectivity index (χ4v) is 1.73. The molecule has 1 aromatic rings. The number of pyridine rings is 1. The molecule has 0 atom stereocenters. The molecule has 3 N–H and O–H groups in total. The number of nitrogens with two attached hydrogens (primary N) is 1. The predicted molar refractivity (Wildman–Crippen MR) is 72.2 cm³/mol. The second kappa shape index (κ2) is 5.50. The number of aliphatic hydroxyl groups excluding tert-OH is 1. The fourth-order valence-electron chi connectivity index (χ4n) is 1.73. The molecule has 1 amide bonds. The molecule has 0 aliphatic heterocycles. The van der Waals surface area contributed by atoms with Crippen LogP contribution in [0.25, 0.3) is 0 Å². The maximum Gasteiger partial charge on any atom is 0.272 e. The minimum atomic E-state index is -0.435. The Morgan fingerprint density at radius 2 is 1.95 bits per heavy atom. The van der Waals surface area contributed by atoms with Crippen LogP contribution in [0, 0.1) is 0 Å². The molecule has 1 heterocycles. The number of carbonyl (C=O) groups excluding carboxylic acids is 2. The second-order valence-electron chi connectivity index (χ2n) is 4.18. The normalized spacial score (nSPS) is 16.7. The number of aliphatic hydroxyl groups is 1.